The molecule has 1 aromatic rings. The predicted octanol–water partition coefficient (Wildman–Crippen LogP) is 2.10. The number of amidine groups is 2. The Bertz CT molecular complexity index is 1080. The molecule has 0 atom stereocenters. The fourth-order valence-corrected chi connectivity index (χ4v) is 3.67. The molecule has 0 saturated carbocycles. The first-order chi connectivity index (χ1) is 15.4. The monoisotopic (exact) mass is 437 g/mol. The minimum Gasteiger partial charge on any atom is -0.507 e. The summed E-state index contributed by atoms with van der Waals surface area (Å²) in [4.78, 5) is 26.8. The molecule has 0 radical (unpaired) electrons. The average molecular weight is 438 g/mol. The molecule has 0 saturated heterocycles. The maximum absolute atomic E-state index is 12.0. The van der Waals surface area contributed by atoms with Gasteiger partial charge in [-0.05, 0) is 24.4 Å². The number of aliphatic hydroxyl groups is 1. The number of aliphatic hydroxyl groups excluding tert-OH is 1. The standard InChI is InChI=1S/C23H27N5O4/c1-26(2)20(30)14-32-18-8-7-16-21(22(18)31-4)25-19(28-11-9-24-23(16)28)12-17(29)15-6-5-10-27(3)13-15/h5-8,10,12,29H,9,11,13-14H2,1-4H3/b17-12-. The van der Waals surface area contributed by atoms with Crippen LogP contribution in [-0.2, 0) is 4.79 Å². The lowest BCUT2D eigenvalue weighted by Crippen LogP contribution is -2.36. The molecule has 0 spiro atoms. The average Bonchev–Trinajstić information content (AvgIpc) is 3.27. The Morgan fingerprint density at radius 3 is 2.88 bits per heavy atom. The number of fused-ring (bicyclic) bond motifs is 3. The van der Waals surface area contributed by atoms with E-state index in [1.54, 1.807) is 26.2 Å². The third kappa shape index (κ3) is 4.05. The van der Waals surface area contributed by atoms with Gasteiger partial charge in [0.2, 0.25) is 0 Å². The Labute approximate surface area is 187 Å². The summed E-state index contributed by atoms with van der Waals surface area (Å²) >= 11 is 0. The van der Waals surface area contributed by atoms with E-state index in [-0.39, 0.29) is 18.3 Å². The summed E-state index contributed by atoms with van der Waals surface area (Å²) in [5.41, 5.74) is 2.18. The van der Waals surface area contributed by atoms with Gasteiger partial charge in [-0.2, -0.15) is 0 Å². The first kappa shape index (κ1) is 21.5. The predicted molar refractivity (Wildman–Crippen MR) is 123 cm³/mol. The molecule has 9 heteroatoms. The highest BCUT2D eigenvalue weighted by atomic mass is 16.5. The molecule has 0 aromatic heterocycles. The number of methoxy groups -OCH3 is 1. The first-order valence-corrected chi connectivity index (χ1v) is 10.3. The quantitative estimate of drug-likeness (QED) is 0.686. The van der Waals surface area contributed by atoms with Crippen LogP contribution in [0, 0.1) is 0 Å². The van der Waals surface area contributed by atoms with Crippen LogP contribution < -0.4 is 9.47 Å². The van der Waals surface area contributed by atoms with Gasteiger partial charge in [-0.25, -0.2) is 4.99 Å². The molecule has 0 fully saturated rings. The van der Waals surface area contributed by atoms with E-state index in [1.807, 2.05) is 41.3 Å². The second-order valence-electron chi connectivity index (χ2n) is 7.88. The van der Waals surface area contributed by atoms with Gasteiger partial charge in [0.25, 0.3) is 5.91 Å². The molecule has 1 N–H and O–H groups in total. The van der Waals surface area contributed by atoms with Gasteiger partial charge in [-0.1, -0.05) is 6.08 Å². The van der Waals surface area contributed by atoms with E-state index >= 15 is 0 Å². The van der Waals surface area contributed by atoms with Gasteiger partial charge in [-0.15, -0.1) is 0 Å². The van der Waals surface area contributed by atoms with Crippen molar-refractivity contribution in [1.29, 1.82) is 0 Å². The molecule has 168 valence electrons. The van der Waals surface area contributed by atoms with Crippen molar-refractivity contribution in [2.24, 2.45) is 9.98 Å². The van der Waals surface area contributed by atoms with Crippen molar-refractivity contribution < 1.29 is 19.4 Å². The Balaban J connectivity index is 1.73. The number of rotatable bonds is 6. The van der Waals surface area contributed by atoms with E-state index in [2.05, 4.69) is 4.99 Å². The molecule has 4 rings (SSSR count). The molecular formula is C23H27N5O4. The van der Waals surface area contributed by atoms with Crippen LogP contribution in [0.3, 0.4) is 0 Å². The summed E-state index contributed by atoms with van der Waals surface area (Å²) in [6.45, 7) is 1.80. The summed E-state index contributed by atoms with van der Waals surface area (Å²) in [7, 11) is 6.83. The number of ether oxygens (including phenoxy) is 2. The third-order valence-corrected chi connectivity index (χ3v) is 5.39. The van der Waals surface area contributed by atoms with Crippen molar-refractivity contribution in [3.63, 3.8) is 0 Å². The zero-order valence-electron chi connectivity index (χ0n) is 18.7. The Morgan fingerprint density at radius 1 is 1.34 bits per heavy atom. The van der Waals surface area contributed by atoms with E-state index in [9.17, 15) is 9.90 Å². The lowest BCUT2D eigenvalue weighted by atomic mass is 10.1. The lowest BCUT2D eigenvalue weighted by molar-refractivity contribution is -0.130. The Morgan fingerprint density at radius 2 is 2.16 bits per heavy atom. The van der Waals surface area contributed by atoms with Crippen LogP contribution in [0.5, 0.6) is 11.5 Å². The van der Waals surface area contributed by atoms with Gasteiger partial charge in [-0.3, -0.25) is 9.79 Å². The summed E-state index contributed by atoms with van der Waals surface area (Å²) in [6.07, 6.45) is 7.39. The summed E-state index contributed by atoms with van der Waals surface area (Å²) in [5, 5.41) is 10.8. The van der Waals surface area contributed by atoms with Crippen LogP contribution >= 0.6 is 0 Å². The maximum Gasteiger partial charge on any atom is 0.259 e. The third-order valence-electron chi connectivity index (χ3n) is 5.39. The number of hydrogen-bond acceptors (Lipinski definition) is 8. The second kappa shape index (κ2) is 8.78. The topological polar surface area (TPSA) is 90.2 Å². The zero-order valence-corrected chi connectivity index (χ0v) is 18.7. The molecule has 32 heavy (non-hydrogen) atoms. The summed E-state index contributed by atoms with van der Waals surface area (Å²) < 4.78 is 11.4. The molecule has 3 heterocycles. The Hall–Kier alpha value is -3.75. The number of carbonyl (C=O) groups is 1. The SMILES string of the molecule is COc1c(OCC(=O)N(C)C)ccc2c1N=C(/C=C(\O)C1=CC=CN(C)C1)N1CCN=C21. The van der Waals surface area contributed by atoms with Gasteiger partial charge < -0.3 is 29.3 Å². The van der Waals surface area contributed by atoms with E-state index in [0.717, 1.165) is 17.0 Å². The highest BCUT2D eigenvalue weighted by molar-refractivity contribution is 6.19. The molecule has 0 aliphatic carbocycles. The number of likely N-dealkylation sites (N-methyl/N-ethyl adjacent to an activating group) is 2. The Kier molecular flexibility index (Phi) is 5.89. The smallest absolute Gasteiger partial charge is 0.259 e. The van der Waals surface area contributed by atoms with Gasteiger partial charge in [0, 0.05) is 51.4 Å². The van der Waals surface area contributed by atoms with Crippen LogP contribution in [-0.4, -0.2) is 91.9 Å². The van der Waals surface area contributed by atoms with Crippen molar-refractivity contribution in [2.75, 3.05) is 54.5 Å². The van der Waals surface area contributed by atoms with Gasteiger partial charge in [0.1, 0.15) is 23.1 Å². The highest BCUT2D eigenvalue weighted by Crippen LogP contribution is 2.43. The first-order valence-electron chi connectivity index (χ1n) is 10.3. The molecule has 3 aliphatic rings. The van der Waals surface area contributed by atoms with Crippen molar-refractivity contribution in [3.05, 3.63) is 53.5 Å². The van der Waals surface area contributed by atoms with E-state index in [4.69, 9.17) is 14.5 Å². The number of hydrogen-bond donors (Lipinski definition) is 1. The van der Waals surface area contributed by atoms with Crippen molar-refractivity contribution in [3.8, 4) is 11.5 Å². The zero-order chi connectivity index (χ0) is 22.8. The minimum atomic E-state index is -0.159. The largest absolute Gasteiger partial charge is 0.507 e. The highest BCUT2D eigenvalue weighted by Gasteiger charge is 2.32. The molecule has 1 amide bonds. The summed E-state index contributed by atoms with van der Waals surface area (Å²) in [6, 6.07) is 3.64. The van der Waals surface area contributed by atoms with Crippen LogP contribution in [0.4, 0.5) is 5.69 Å². The molecule has 9 nitrogen and oxygen atoms in total. The van der Waals surface area contributed by atoms with Gasteiger partial charge in [0.15, 0.2) is 18.1 Å². The molecular weight excluding hydrogens is 410 g/mol. The van der Waals surface area contributed by atoms with Gasteiger partial charge in [0.05, 0.1) is 13.7 Å². The summed E-state index contributed by atoms with van der Waals surface area (Å²) in [5.74, 6) is 2.19. The number of allylic oxidation sites excluding steroid dienone is 2. The van der Waals surface area contributed by atoms with Crippen molar-refractivity contribution >= 4 is 23.3 Å². The number of nitrogens with zero attached hydrogens (tertiary/aromatic N) is 5. The van der Waals surface area contributed by atoms with Crippen LogP contribution in [0.15, 0.2) is 57.9 Å². The molecule has 3 aliphatic heterocycles. The number of benzene rings is 1. The fraction of sp³-hybridized carbons (Fsp3) is 0.348. The van der Waals surface area contributed by atoms with Crippen LogP contribution in [0.25, 0.3) is 0 Å². The lowest BCUT2D eigenvalue weighted by Gasteiger charge is -2.28. The van der Waals surface area contributed by atoms with E-state index in [0.29, 0.717) is 42.7 Å². The van der Waals surface area contributed by atoms with E-state index in [1.165, 1.54) is 12.0 Å². The molecule has 0 unspecified atom stereocenters. The molecule has 1 aromatic carbocycles. The van der Waals surface area contributed by atoms with E-state index < -0.39 is 0 Å². The van der Waals surface area contributed by atoms with Gasteiger partial charge >= 0.3 is 0 Å². The number of amides is 1. The normalized spacial score (nSPS) is 17.2. The minimum absolute atomic E-state index is 0.109. The number of carbonyl (C=O) groups excluding carboxylic acids is 1. The number of aliphatic imine (C=N–C) groups is 2. The second-order valence-corrected chi connectivity index (χ2v) is 7.88. The molecule has 0 bridgehead atoms. The van der Waals surface area contributed by atoms with Crippen LogP contribution in [0.1, 0.15) is 5.56 Å². The maximum atomic E-state index is 12.0. The van der Waals surface area contributed by atoms with Crippen LogP contribution in [0.2, 0.25) is 0 Å². The fourth-order valence-electron chi connectivity index (χ4n) is 3.67. The van der Waals surface area contributed by atoms with Crippen molar-refractivity contribution in [2.45, 2.75) is 0 Å². The van der Waals surface area contributed by atoms with Crippen molar-refractivity contribution in [1.82, 2.24) is 14.7 Å².